The Bertz CT molecular complexity index is 801. The van der Waals surface area contributed by atoms with E-state index in [1.165, 1.54) is 16.9 Å². The lowest BCUT2D eigenvalue weighted by molar-refractivity contribution is 0.127. The standard InChI is InChI=1S/C15H19N5OS2/c1-10-16-15-20(17-10)14(21)13(23-15)12(11-3-8-22-9-11)19-6-4-18(2)5-7-19/h3,8-9,12,21H,4-7H2,1-2H3/t12-/m0/s1. The molecule has 0 radical (unpaired) electrons. The fourth-order valence-corrected chi connectivity index (χ4v) is 4.91. The Morgan fingerprint density at radius 1 is 1.26 bits per heavy atom. The predicted molar refractivity (Wildman–Crippen MR) is 92.5 cm³/mol. The molecular weight excluding hydrogens is 330 g/mol. The SMILES string of the molecule is Cc1nc2sc([C@H](c3ccsc3)N3CCN(C)CC3)c(O)n2n1. The number of hydrogen-bond donors (Lipinski definition) is 1. The van der Waals surface area contributed by atoms with E-state index in [4.69, 9.17) is 0 Å². The van der Waals surface area contributed by atoms with Crippen LogP contribution in [0.25, 0.3) is 4.96 Å². The summed E-state index contributed by atoms with van der Waals surface area (Å²) in [6.07, 6.45) is 0. The van der Waals surface area contributed by atoms with Crippen LogP contribution in [-0.4, -0.2) is 62.7 Å². The summed E-state index contributed by atoms with van der Waals surface area (Å²) >= 11 is 3.23. The number of fused-ring (bicyclic) bond motifs is 1. The summed E-state index contributed by atoms with van der Waals surface area (Å²) in [5.74, 6) is 0.908. The van der Waals surface area contributed by atoms with Crippen molar-refractivity contribution in [2.45, 2.75) is 13.0 Å². The molecule has 1 aliphatic rings. The number of likely N-dealkylation sites (N-methyl/N-ethyl adjacent to an activating group) is 1. The van der Waals surface area contributed by atoms with Crippen LogP contribution in [0.1, 0.15) is 22.3 Å². The second-order valence-corrected chi connectivity index (χ2v) is 7.73. The zero-order chi connectivity index (χ0) is 16.0. The molecule has 0 aliphatic carbocycles. The van der Waals surface area contributed by atoms with Gasteiger partial charge >= 0.3 is 0 Å². The van der Waals surface area contributed by atoms with Gasteiger partial charge in [0.25, 0.3) is 0 Å². The molecule has 1 N–H and O–H groups in total. The topological polar surface area (TPSA) is 56.9 Å². The fourth-order valence-electron chi connectivity index (χ4n) is 3.06. The van der Waals surface area contributed by atoms with Gasteiger partial charge in [0.05, 0.1) is 10.9 Å². The molecule has 1 saturated heterocycles. The van der Waals surface area contributed by atoms with Crippen LogP contribution >= 0.6 is 22.7 Å². The number of hydrogen-bond acceptors (Lipinski definition) is 7. The summed E-state index contributed by atoms with van der Waals surface area (Å²) in [6, 6.07) is 2.22. The summed E-state index contributed by atoms with van der Waals surface area (Å²) in [5, 5.41) is 19.3. The highest BCUT2D eigenvalue weighted by Gasteiger charge is 2.31. The van der Waals surface area contributed by atoms with Gasteiger partial charge in [-0.15, -0.1) is 5.10 Å². The maximum Gasteiger partial charge on any atom is 0.230 e. The van der Waals surface area contributed by atoms with E-state index in [1.54, 1.807) is 15.9 Å². The van der Waals surface area contributed by atoms with Crippen molar-refractivity contribution in [1.29, 1.82) is 0 Å². The zero-order valence-electron chi connectivity index (χ0n) is 13.1. The van der Waals surface area contributed by atoms with Crippen LogP contribution in [0, 0.1) is 6.92 Å². The van der Waals surface area contributed by atoms with Crippen molar-refractivity contribution in [2.75, 3.05) is 33.2 Å². The highest BCUT2D eigenvalue weighted by atomic mass is 32.1. The molecule has 122 valence electrons. The fraction of sp³-hybridized carbons (Fsp3) is 0.467. The van der Waals surface area contributed by atoms with Crippen LogP contribution in [0.2, 0.25) is 0 Å². The minimum absolute atomic E-state index is 0.0729. The minimum Gasteiger partial charge on any atom is -0.492 e. The molecule has 4 rings (SSSR count). The Labute approximate surface area is 142 Å². The minimum atomic E-state index is 0.0729. The highest BCUT2D eigenvalue weighted by molar-refractivity contribution is 7.17. The molecule has 1 fully saturated rings. The van der Waals surface area contributed by atoms with Gasteiger partial charge in [-0.1, -0.05) is 11.3 Å². The molecule has 8 heteroatoms. The lowest BCUT2D eigenvalue weighted by Crippen LogP contribution is -2.46. The molecule has 1 aliphatic heterocycles. The molecule has 0 aromatic carbocycles. The van der Waals surface area contributed by atoms with E-state index in [0.29, 0.717) is 5.82 Å². The number of nitrogens with zero attached hydrogens (tertiary/aromatic N) is 5. The first kappa shape index (κ1) is 15.1. The number of piperazine rings is 1. The van der Waals surface area contributed by atoms with E-state index < -0.39 is 0 Å². The molecule has 3 aromatic rings. The number of thiazole rings is 1. The Morgan fingerprint density at radius 3 is 2.70 bits per heavy atom. The molecular formula is C15H19N5OS2. The largest absolute Gasteiger partial charge is 0.492 e. The summed E-state index contributed by atoms with van der Waals surface area (Å²) in [6.45, 7) is 5.91. The lowest BCUT2D eigenvalue weighted by Gasteiger charge is -2.37. The highest BCUT2D eigenvalue weighted by Crippen LogP contribution is 2.40. The molecule has 0 amide bonds. The third kappa shape index (κ3) is 2.65. The molecule has 3 aromatic heterocycles. The first-order valence-corrected chi connectivity index (χ1v) is 9.39. The first-order chi connectivity index (χ1) is 11.1. The molecule has 0 bridgehead atoms. The van der Waals surface area contributed by atoms with E-state index in [0.717, 1.165) is 36.0 Å². The van der Waals surface area contributed by atoms with Crippen molar-refractivity contribution in [3.05, 3.63) is 33.1 Å². The number of aromatic hydroxyl groups is 1. The number of thiophene rings is 1. The van der Waals surface area contributed by atoms with Crippen LogP contribution < -0.4 is 0 Å². The molecule has 0 spiro atoms. The van der Waals surface area contributed by atoms with Crippen molar-refractivity contribution in [3.8, 4) is 5.88 Å². The van der Waals surface area contributed by atoms with Gasteiger partial charge in [-0.2, -0.15) is 15.9 Å². The van der Waals surface area contributed by atoms with Gasteiger partial charge in [0.15, 0.2) is 0 Å². The summed E-state index contributed by atoms with van der Waals surface area (Å²) in [7, 11) is 2.15. The third-order valence-corrected chi connectivity index (χ3v) is 6.09. The van der Waals surface area contributed by atoms with Crippen LogP contribution in [0.5, 0.6) is 5.88 Å². The quantitative estimate of drug-likeness (QED) is 0.786. The average molecular weight is 349 g/mol. The normalized spacial score (nSPS) is 18.7. The Balaban J connectivity index is 1.77. The molecule has 4 heterocycles. The van der Waals surface area contributed by atoms with Gasteiger partial charge in [-0.05, 0) is 36.4 Å². The van der Waals surface area contributed by atoms with Crippen molar-refractivity contribution in [1.82, 2.24) is 24.4 Å². The monoisotopic (exact) mass is 349 g/mol. The smallest absolute Gasteiger partial charge is 0.230 e. The van der Waals surface area contributed by atoms with Gasteiger partial charge < -0.3 is 10.0 Å². The maximum atomic E-state index is 10.7. The van der Waals surface area contributed by atoms with E-state index in [2.05, 4.69) is 43.8 Å². The first-order valence-electron chi connectivity index (χ1n) is 7.63. The maximum absolute atomic E-state index is 10.7. The molecule has 0 unspecified atom stereocenters. The van der Waals surface area contributed by atoms with Crippen LogP contribution in [0.15, 0.2) is 16.8 Å². The Morgan fingerprint density at radius 2 is 2.04 bits per heavy atom. The summed E-state index contributed by atoms with van der Waals surface area (Å²) < 4.78 is 1.56. The molecule has 23 heavy (non-hydrogen) atoms. The number of aromatic nitrogens is 3. The second kappa shape index (κ2) is 5.86. The van der Waals surface area contributed by atoms with E-state index in [-0.39, 0.29) is 11.9 Å². The van der Waals surface area contributed by atoms with E-state index in [9.17, 15) is 5.11 Å². The predicted octanol–water partition coefficient (Wildman–Crippen LogP) is 2.20. The van der Waals surface area contributed by atoms with Gasteiger partial charge in [0.2, 0.25) is 10.8 Å². The lowest BCUT2D eigenvalue weighted by atomic mass is 10.1. The van der Waals surface area contributed by atoms with Gasteiger partial charge in [0, 0.05) is 26.2 Å². The second-order valence-electron chi connectivity index (χ2n) is 5.94. The van der Waals surface area contributed by atoms with Gasteiger partial charge in [-0.25, -0.2) is 4.98 Å². The number of rotatable bonds is 3. The molecule has 0 saturated carbocycles. The van der Waals surface area contributed by atoms with E-state index in [1.807, 2.05) is 6.92 Å². The molecule has 1 atom stereocenters. The van der Waals surface area contributed by atoms with Crippen LogP contribution in [-0.2, 0) is 0 Å². The molecule has 6 nitrogen and oxygen atoms in total. The summed E-state index contributed by atoms with van der Waals surface area (Å²) in [4.78, 5) is 10.9. The van der Waals surface area contributed by atoms with Crippen LogP contribution in [0.3, 0.4) is 0 Å². The van der Waals surface area contributed by atoms with Crippen molar-refractivity contribution in [2.24, 2.45) is 0 Å². The zero-order valence-corrected chi connectivity index (χ0v) is 14.8. The Hall–Kier alpha value is -1.48. The third-order valence-electron chi connectivity index (χ3n) is 4.32. The van der Waals surface area contributed by atoms with Crippen molar-refractivity contribution < 1.29 is 5.11 Å². The van der Waals surface area contributed by atoms with E-state index >= 15 is 0 Å². The summed E-state index contributed by atoms with van der Waals surface area (Å²) in [5.41, 5.74) is 1.23. The van der Waals surface area contributed by atoms with Crippen molar-refractivity contribution in [3.63, 3.8) is 0 Å². The average Bonchev–Trinajstić information content (AvgIpc) is 3.22. The van der Waals surface area contributed by atoms with Crippen molar-refractivity contribution >= 4 is 27.6 Å². The number of aryl methyl sites for hydroxylation is 1. The van der Waals surface area contributed by atoms with Gasteiger partial charge in [0.1, 0.15) is 5.82 Å². The van der Waals surface area contributed by atoms with Crippen LogP contribution in [0.4, 0.5) is 0 Å². The van der Waals surface area contributed by atoms with Gasteiger partial charge in [-0.3, -0.25) is 4.90 Å². The Kier molecular flexibility index (Phi) is 3.84.